The summed E-state index contributed by atoms with van der Waals surface area (Å²) in [5.41, 5.74) is 0. The minimum absolute atomic E-state index is 0.146. The smallest absolute Gasteiger partial charge is 0.325 e. The summed E-state index contributed by atoms with van der Waals surface area (Å²) >= 11 is 0. The van der Waals surface area contributed by atoms with Crippen molar-refractivity contribution < 1.29 is 14.6 Å². The molecular weight excluding hydrogens is 146 g/mol. The molecule has 0 aromatic rings. The van der Waals surface area contributed by atoms with Gasteiger partial charge in [0.25, 0.3) is 0 Å². The first-order chi connectivity index (χ1) is 5.29. The van der Waals surface area contributed by atoms with Gasteiger partial charge in [-0.3, -0.25) is 9.69 Å². The van der Waals surface area contributed by atoms with Gasteiger partial charge < -0.3 is 9.84 Å². The Morgan fingerprint density at radius 1 is 1.73 bits per heavy atom. The summed E-state index contributed by atoms with van der Waals surface area (Å²) in [7, 11) is 1.34. The van der Waals surface area contributed by atoms with Gasteiger partial charge in [0, 0.05) is 13.1 Å². The number of nitrogens with zero attached hydrogens (tertiary/aromatic N) is 1. The van der Waals surface area contributed by atoms with Crippen LogP contribution in [-0.2, 0) is 9.53 Å². The highest BCUT2D eigenvalue weighted by atomic mass is 16.5. The molecule has 0 bridgehead atoms. The molecule has 11 heavy (non-hydrogen) atoms. The van der Waals surface area contributed by atoms with Crippen LogP contribution in [0, 0.1) is 0 Å². The maximum Gasteiger partial charge on any atom is 0.325 e. The van der Waals surface area contributed by atoms with Crippen molar-refractivity contribution in [1.82, 2.24) is 4.90 Å². The second-order valence-corrected chi connectivity index (χ2v) is 2.61. The molecule has 1 aliphatic heterocycles. The fourth-order valence-corrected chi connectivity index (χ4v) is 1.13. The van der Waals surface area contributed by atoms with E-state index in [0.29, 0.717) is 0 Å². The molecule has 4 heteroatoms. The first-order valence-corrected chi connectivity index (χ1v) is 3.72. The Labute approximate surface area is 65.8 Å². The van der Waals surface area contributed by atoms with E-state index in [1.165, 1.54) is 7.11 Å². The Morgan fingerprint density at radius 2 is 2.36 bits per heavy atom. The molecule has 1 atom stereocenters. The van der Waals surface area contributed by atoms with Crippen molar-refractivity contribution in [2.45, 2.75) is 12.5 Å². The molecule has 1 unspecified atom stereocenters. The lowest BCUT2D eigenvalue weighted by Crippen LogP contribution is -2.51. The number of hydrogen-bond donors (Lipinski definition) is 1. The molecule has 1 rings (SSSR count). The van der Waals surface area contributed by atoms with Gasteiger partial charge >= 0.3 is 5.97 Å². The Morgan fingerprint density at radius 3 is 2.64 bits per heavy atom. The SMILES string of the molecule is COC(=O)C(CO)N1CCC1. The summed E-state index contributed by atoms with van der Waals surface area (Å²) in [6.45, 7) is 1.63. The zero-order chi connectivity index (χ0) is 8.27. The number of esters is 1. The third kappa shape index (κ3) is 1.70. The lowest BCUT2D eigenvalue weighted by Gasteiger charge is -2.35. The number of hydrogen-bond acceptors (Lipinski definition) is 4. The molecule has 1 fully saturated rings. The highest BCUT2D eigenvalue weighted by molar-refractivity contribution is 5.75. The summed E-state index contributed by atoms with van der Waals surface area (Å²) in [6.07, 6.45) is 1.10. The average molecular weight is 159 g/mol. The number of rotatable bonds is 3. The number of likely N-dealkylation sites (tertiary alicyclic amines) is 1. The van der Waals surface area contributed by atoms with Gasteiger partial charge in [0.15, 0.2) is 0 Å². The van der Waals surface area contributed by atoms with Crippen molar-refractivity contribution in [2.24, 2.45) is 0 Å². The molecule has 0 aliphatic carbocycles. The lowest BCUT2D eigenvalue weighted by atomic mass is 10.1. The first kappa shape index (κ1) is 8.49. The van der Waals surface area contributed by atoms with E-state index >= 15 is 0 Å². The maximum atomic E-state index is 11.0. The van der Waals surface area contributed by atoms with E-state index in [1.54, 1.807) is 0 Å². The zero-order valence-electron chi connectivity index (χ0n) is 6.62. The molecule has 0 saturated carbocycles. The molecule has 1 heterocycles. The lowest BCUT2D eigenvalue weighted by molar-refractivity contribution is -0.150. The monoisotopic (exact) mass is 159 g/mol. The number of methoxy groups -OCH3 is 1. The second kappa shape index (κ2) is 3.69. The number of aliphatic hydroxyl groups is 1. The van der Waals surface area contributed by atoms with E-state index < -0.39 is 6.04 Å². The Hall–Kier alpha value is -0.610. The van der Waals surface area contributed by atoms with Crippen LogP contribution in [0.1, 0.15) is 6.42 Å². The maximum absolute atomic E-state index is 11.0. The minimum atomic E-state index is -0.436. The van der Waals surface area contributed by atoms with E-state index in [2.05, 4.69) is 4.74 Å². The van der Waals surface area contributed by atoms with Crippen LogP contribution in [0.15, 0.2) is 0 Å². The van der Waals surface area contributed by atoms with Gasteiger partial charge in [0.2, 0.25) is 0 Å². The van der Waals surface area contributed by atoms with Crippen molar-refractivity contribution in [3.05, 3.63) is 0 Å². The Balaban J connectivity index is 2.40. The molecule has 0 aromatic carbocycles. The van der Waals surface area contributed by atoms with Crippen molar-refractivity contribution >= 4 is 5.97 Å². The molecule has 1 N–H and O–H groups in total. The van der Waals surface area contributed by atoms with Gasteiger partial charge in [-0.2, -0.15) is 0 Å². The highest BCUT2D eigenvalue weighted by Gasteiger charge is 2.29. The third-order valence-corrected chi connectivity index (χ3v) is 1.98. The summed E-state index contributed by atoms with van der Waals surface area (Å²) in [6, 6.07) is -0.436. The van der Waals surface area contributed by atoms with Crippen LogP contribution in [0.3, 0.4) is 0 Å². The van der Waals surface area contributed by atoms with Crippen LogP contribution in [0.25, 0.3) is 0 Å². The van der Waals surface area contributed by atoms with Crippen molar-refractivity contribution in [3.63, 3.8) is 0 Å². The van der Waals surface area contributed by atoms with Crippen LogP contribution >= 0.6 is 0 Å². The molecule has 64 valence electrons. The van der Waals surface area contributed by atoms with Gasteiger partial charge in [-0.15, -0.1) is 0 Å². The predicted octanol–water partition coefficient (Wildman–Crippen LogP) is -0.774. The van der Waals surface area contributed by atoms with Gasteiger partial charge in [-0.25, -0.2) is 0 Å². The molecule has 4 nitrogen and oxygen atoms in total. The van der Waals surface area contributed by atoms with E-state index in [9.17, 15) is 4.79 Å². The molecule has 0 amide bonds. The first-order valence-electron chi connectivity index (χ1n) is 3.72. The van der Waals surface area contributed by atoms with Crippen LogP contribution < -0.4 is 0 Å². The van der Waals surface area contributed by atoms with Crippen LogP contribution in [0.4, 0.5) is 0 Å². The van der Waals surface area contributed by atoms with E-state index in [1.807, 2.05) is 4.90 Å². The molecule has 0 spiro atoms. The van der Waals surface area contributed by atoms with Crippen LogP contribution in [-0.4, -0.2) is 48.8 Å². The molecule has 1 saturated heterocycles. The standard InChI is InChI=1S/C7H13NO3/c1-11-7(10)6(5-9)8-3-2-4-8/h6,9H,2-5H2,1H3. The topological polar surface area (TPSA) is 49.8 Å². The van der Waals surface area contributed by atoms with Crippen LogP contribution in [0.5, 0.6) is 0 Å². The average Bonchev–Trinajstić information content (AvgIpc) is 1.94. The summed E-state index contributed by atoms with van der Waals surface area (Å²) in [5, 5.41) is 8.82. The summed E-state index contributed by atoms with van der Waals surface area (Å²) in [5.74, 6) is -0.341. The molecular formula is C7H13NO3. The largest absolute Gasteiger partial charge is 0.468 e. The highest BCUT2D eigenvalue weighted by Crippen LogP contribution is 2.11. The normalized spacial score (nSPS) is 20.5. The third-order valence-electron chi connectivity index (χ3n) is 1.98. The quantitative estimate of drug-likeness (QED) is 0.549. The van der Waals surface area contributed by atoms with Crippen molar-refractivity contribution in [2.75, 3.05) is 26.8 Å². The Bertz CT molecular complexity index is 145. The van der Waals surface area contributed by atoms with Gasteiger partial charge in [-0.05, 0) is 6.42 Å². The number of ether oxygens (including phenoxy) is 1. The number of aliphatic hydroxyl groups excluding tert-OH is 1. The van der Waals surface area contributed by atoms with E-state index in [4.69, 9.17) is 5.11 Å². The summed E-state index contributed by atoms with van der Waals surface area (Å²) < 4.78 is 4.52. The van der Waals surface area contributed by atoms with E-state index in [-0.39, 0.29) is 12.6 Å². The molecule has 0 radical (unpaired) electrons. The van der Waals surface area contributed by atoms with Gasteiger partial charge in [0.05, 0.1) is 13.7 Å². The van der Waals surface area contributed by atoms with E-state index in [0.717, 1.165) is 19.5 Å². The van der Waals surface area contributed by atoms with Crippen LogP contribution in [0.2, 0.25) is 0 Å². The van der Waals surface area contributed by atoms with Crippen molar-refractivity contribution in [1.29, 1.82) is 0 Å². The fourth-order valence-electron chi connectivity index (χ4n) is 1.13. The second-order valence-electron chi connectivity index (χ2n) is 2.61. The van der Waals surface area contributed by atoms with Crippen molar-refractivity contribution in [3.8, 4) is 0 Å². The number of carbonyl (C=O) groups excluding carboxylic acids is 1. The summed E-state index contributed by atoms with van der Waals surface area (Å²) in [4.78, 5) is 12.9. The number of carbonyl (C=O) groups is 1. The molecule has 1 aliphatic rings. The fraction of sp³-hybridized carbons (Fsp3) is 0.857. The molecule has 0 aromatic heterocycles. The predicted molar refractivity (Wildman–Crippen MR) is 39.1 cm³/mol. The Kier molecular flexibility index (Phi) is 2.84. The minimum Gasteiger partial charge on any atom is -0.468 e. The van der Waals surface area contributed by atoms with Gasteiger partial charge in [0.1, 0.15) is 6.04 Å². The van der Waals surface area contributed by atoms with Gasteiger partial charge in [-0.1, -0.05) is 0 Å². The zero-order valence-corrected chi connectivity index (χ0v) is 6.62.